The zero-order chi connectivity index (χ0) is 22.5. The number of thioether (sulfide) groups is 1. The fraction of sp³-hybridized carbons (Fsp3) is 0.0800. The highest BCUT2D eigenvalue weighted by Gasteiger charge is 2.40. The molecule has 0 aliphatic carbocycles. The molecule has 2 amide bonds. The van der Waals surface area contributed by atoms with E-state index in [0.29, 0.717) is 17.8 Å². The molecule has 4 rings (SSSR count). The van der Waals surface area contributed by atoms with Gasteiger partial charge in [-0.3, -0.25) is 14.5 Å². The molecule has 1 fully saturated rings. The molecule has 5 nitrogen and oxygen atoms in total. The minimum absolute atomic E-state index is 0.174. The lowest BCUT2D eigenvalue weighted by molar-refractivity contribution is -0.117. The van der Waals surface area contributed by atoms with Gasteiger partial charge in [0.25, 0.3) is 5.91 Å². The van der Waals surface area contributed by atoms with Gasteiger partial charge >= 0.3 is 0 Å². The van der Waals surface area contributed by atoms with Gasteiger partial charge in [-0.25, -0.2) is 4.39 Å². The number of carbonyl (C=O) groups is 2. The molecule has 0 radical (unpaired) electrons. The maximum absolute atomic E-state index is 13.5. The molecule has 3 aromatic carbocycles. The van der Waals surface area contributed by atoms with E-state index in [-0.39, 0.29) is 16.5 Å². The van der Waals surface area contributed by atoms with Crippen molar-refractivity contribution in [2.45, 2.75) is 11.7 Å². The second-order valence-electron chi connectivity index (χ2n) is 7.06. The van der Waals surface area contributed by atoms with Crippen LogP contribution >= 0.6 is 11.8 Å². The Morgan fingerprint density at radius 3 is 2.25 bits per heavy atom. The van der Waals surface area contributed by atoms with Gasteiger partial charge in [-0.05, 0) is 48.4 Å². The van der Waals surface area contributed by atoms with Crippen LogP contribution in [0.25, 0.3) is 0 Å². The maximum Gasteiger partial charge on any atom is 0.269 e. The van der Waals surface area contributed by atoms with Crippen molar-refractivity contribution in [3.05, 3.63) is 107 Å². The summed E-state index contributed by atoms with van der Waals surface area (Å²) < 4.78 is 13.5. The number of para-hydroxylation sites is 1. The zero-order valence-electron chi connectivity index (χ0n) is 16.9. The van der Waals surface area contributed by atoms with Crippen LogP contribution in [0, 0.1) is 17.1 Å². The van der Waals surface area contributed by atoms with Crippen LogP contribution in [0.1, 0.15) is 5.56 Å². The molecule has 3 aromatic rings. The standard InChI is InChI=1S/C25H18FN3O2S/c26-18-11-13-20(14-12-18)29-24(31)22(15-17-7-3-1-4-8-17)32-25(29)21(16-27)23(30)28-19-9-5-2-6-10-19/h1-14,22H,15H2,(H,28,30)/b25-21-/t22-/m1/s1. The molecular formula is C25H18FN3O2S. The predicted molar refractivity (Wildman–Crippen MR) is 123 cm³/mol. The van der Waals surface area contributed by atoms with Crippen LogP contribution in [-0.4, -0.2) is 17.1 Å². The van der Waals surface area contributed by atoms with E-state index < -0.39 is 17.0 Å². The molecule has 7 heteroatoms. The molecule has 1 atom stereocenters. The fourth-order valence-corrected chi connectivity index (χ4v) is 4.66. The van der Waals surface area contributed by atoms with E-state index in [1.54, 1.807) is 24.3 Å². The smallest absolute Gasteiger partial charge is 0.269 e. The Morgan fingerprint density at radius 2 is 1.62 bits per heavy atom. The van der Waals surface area contributed by atoms with Gasteiger partial charge in [-0.1, -0.05) is 60.3 Å². The summed E-state index contributed by atoms with van der Waals surface area (Å²) in [5.74, 6) is -1.32. The monoisotopic (exact) mass is 443 g/mol. The molecule has 0 aromatic heterocycles. The second-order valence-corrected chi connectivity index (χ2v) is 8.25. The van der Waals surface area contributed by atoms with Gasteiger partial charge in [0.05, 0.1) is 5.25 Å². The largest absolute Gasteiger partial charge is 0.321 e. The summed E-state index contributed by atoms with van der Waals surface area (Å²) in [4.78, 5) is 27.6. The Labute approximate surface area is 189 Å². The Kier molecular flexibility index (Phi) is 6.34. The molecule has 158 valence electrons. The average Bonchev–Trinajstić information content (AvgIpc) is 3.12. The molecule has 1 heterocycles. The molecule has 0 unspecified atom stereocenters. The summed E-state index contributed by atoms with van der Waals surface area (Å²) >= 11 is 1.17. The van der Waals surface area contributed by atoms with Crippen LogP contribution in [0.15, 0.2) is 95.5 Å². The highest BCUT2D eigenvalue weighted by atomic mass is 32.2. The SMILES string of the molecule is N#C/C(C(=O)Nc1ccccc1)=C1/S[C@H](Cc2ccccc2)C(=O)N1c1ccc(F)cc1. The molecule has 0 saturated carbocycles. The summed E-state index contributed by atoms with van der Waals surface area (Å²) in [6, 6.07) is 25.6. The summed E-state index contributed by atoms with van der Waals surface area (Å²) in [5, 5.41) is 12.2. The quantitative estimate of drug-likeness (QED) is 0.450. The first-order valence-corrected chi connectivity index (χ1v) is 10.8. The number of anilines is 2. The van der Waals surface area contributed by atoms with Crippen LogP contribution < -0.4 is 10.2 Å². The van der Waals surface area contributed by atoms with Crippen molar-refractivity contribution < 1.29 is 14.0 Å². The molecule has 1 N–H and O–H groups in total. The topological polar surface area (TPSA) is 73.2 Å². The number of nitrogens with zero attached hydrogens (tertiary/aromatic N) is 2. The van der Waals surface area contributed by atoms with Crippen molar-refractivity contribution in [2.24, 2.45) is 0 Å². The average molecular weight is 444 g/mol. The number of rotatable bonds is 5. The summed E-state index contributed by atoms with van der Waals surface area (Å²) in [7, 11) is 0. The van der Waals surface area contributed by atoms with Crippen LogP contribution in [0.4, 0.5) is 15.8 Å². The number of halogens is 1. The first-order valence-electron chi connectivity index (χ1n) is 9.87. The number of benzene rings is 3. The van der Waals surface area contributed by atoms with E-state index >= 15 is 0 Å². The minimum Gasteiger partial charge on any atom is -0.321 e. The van der Waals surface area contributed by atoms with Crippen molar-refractivity contribution in [3.8, 4) is 6.07 Å². The van der Waals surface area contributed by atoms with Crippen molar-refractivity contribution >= 4 is 35.0 Å². The second kappa shape index (κ2) is 9.50. The lowest BCUT2D eigenvalue weighted by Gasteiger charge is -2.18. The molecule has 32 heavy (non-hydrogen) atoms. The Hall–Kier alpha value is -3.89. The van der Waals surface area contributed by atoms with Gasteiger partial charge in [0.2, 0.25) is 5.91 Å². The highest BCUT2D eigenvalue weighted by Crippen LogP contribution is 2.42. The van der Waals surface area contributed by atoms with Crippen LogP contribution in [0.3, 0.4) is 0 Å². The van der Waals surface area contributed by atoms with Gasteiger partial charge in [0.1, 0.15) is 22.5 Å². The van der Waals surface area contributed by atoms with Gasteiger partial charge < -0.3 is 5.32 Å². The lowest BCUT2D eigenvalue weighted by Crippen LogP contribution is -2.30. The predicted octanol–water partition coefficient (Wildman–Crippen LogP) is 4.89. The van der Waals surface area contributed by atoms with Crippen LogP contribution in [0.5, 0.6) is 0 Å². The lowest BCUT2D eigenvalue weighted by atomic mass is 10.1. The molecule has 0 bridgehead atoms. The molecular weight excluding hydrogens is 425 g/mol. The van der Waals surface area contributed by atoms with Crippen molar-refractivity contribution in [1.29, 1.82) is 5.26 Å². The third kappa shape index (κ3) is 4.56. The van der Waals surface area contributed by atoms with Crippen molar-refractivity contribution in [2.75, 3.05) is 10.2 Å². The van der Waals surface area contributed by atoms with Crippen molar-refractivity contribution in [1.82, 2.24) is 0 Å². The van der Waals surface area contributed by atoms with Gasteiger partial charge in [-0.2, -0.15) is 5.26 Å². The first kappa shape index (κ1) is 21.3. The van der Waals surface area contributed by atoms with Crippen LogP contribution in [0.2, 0.25) is 0 Å². The van der Waals surface area contributed by atoms with E-state index in [0.717, 1.165) is 5.56 Å². The van der Waals surface area contributed by atoms with E-state index in [9.17, 15) is 19.2 Å². The summed E-state index contributed by atoms with van der Waals surface area (Å²) in [6.45, 7) is 0. The highest BCUT2D eigenvalue weighted by molar-refractivity contribution is 8.05. The van der Waals surface area contributed by atoms with Gasteiger partial charge in [-0.15, -0.1) is 0 Å². The first-order chi connectivity index (χ1) is 15.6. The number of nitriles is 1. The third-order valence-electron chi connectivity index (χ3n) is 4.89. The van der Waals surface area contributed by atoms with E-state index in [1.807, 2.05) is 42.5 Å². The molecule has 1 aliphatic rings. The maximum atomic E-state index is 13.5. The van der Waals surface area contributed by atoms with E-state index in [2.05, 4.69) is 5.32 Å². The minimum atomic E-state index is -0.610. The Balaban J connectivity index is 1.73. The van der Waals surface area contributed by atoms with Crippen molar-refractivity contribution in [3.63, 3.8) is 0 Å². The third-order valence-corrected chi connectivity index (χ3v) is 6.15. The number of amides is 2. The van der Waals surface area contributed by atoms with Gasteiger partial charge in [0.15, 0.2) is 0 Å². The Morgan fingerprint density at radius 1 is 1.00 bits per heavy atom. The molecule has 0 spiro atoms. The number of hydrogen-bond acceptors (Lipinski definition) is 4. The van der Waals surface area contributed by atoms with Crippen LogP contribution in [-0.2, 0) is 16.0 Å². The Bertz CT molecular complexity index is 1210. The number of hydrogen-bond donors (Lipinski definition) is 1. The number of carbonyl (C=O) groups excluding carboxylic acids is 2. The number of nitrogens with one attached hydrogen (secondary N) is 1. The van der Waals surface area contributed by atoms with Gasteiger partial charge in [0, 0.05) is 11.4 Å². The summed E-state index contributed by atoms with van der Waals surface area (Å²) in [5.41, 5.74) is 1.72. The van der Waals surface area contributed by atoms with E-state index in [1.165, 1.54) is 40.9 Å². The van der Waals surface area contributed by atoms with E-state index in [4.69, 9.17) is 0 Å². The molecule has 1 saturated heterocycles. The normalized spacial score (nSPS) is 17.1. The summed E-state index contributed by atoms with van der Waals surface area (Å²) in [6.07, 6.45) is 0.435. The fourth-order valence-electron chi connectivity index (χ4n) is 3.36. The zero-order valence-corrected chi connectivity index (χ0v) is 17.7. The molecule has 1 aliphatic heterocycles.